The molecule has 0 saturated heterocycles. The van der Waals surface area contributed by atoms with Gasteiger partial charge in [-0.2, -0.15) is 0 Å². The SMILES string of the molecule is CN(CC#Cc1cccs1)C(=O)c1cc2ccccc2n1C. The maximum Gasteiger partial charge on any atom is 0.271 e. The van der Waals surface area contributed by atoms with Crippen LogP contribution >= 0.6 is 11.3 Å². The van der Waals surface area contributed by atoms with Gasteiger partial charge in [0.1, 0.15) is 5.69 Å². The van der Waals surface area contributed by atoms with E-state index < -0.39 is 0 Å². The third kappa shape index (κ3) is 2.76. The molecule has 22 heavy (non-hydrogen) atoms. The lowest BCUT2D eigenvalue weighted by Crippen LogP contribution is -2.28. The van der Waals surface area contributed by atoms with Gasteiger partial charge in [-0.3, -0.25) is 4.79 Å². The highest BCUT2D eigenvalue weighted by Crippen LogP contribution is 2.19. The van der Waals surface area contributed by atoms with Crippen LogP contribution in [0.25, 0.3) is 10.9 Å². The lowest BCUT2D eigenvalue weighted by molar-refractivity contribution is 0.0804. The summed E-state index contributed by atoms with van der Waals surface area (Å²) < 4.78 is 1.93. The first kappa shape index (κ1) is 14.4. The smallest absolute Gasteiger partial charge is 0.271 e. The summed E-state index contributed by atoms with van der Waals surface area (Å²) in [5, 5.41) is 3.07. The third-order valence-corrected chi connectivity index (χ3v) is 4.35. The monoisotopic (exact) mass is 308 g/mol. The fourth-order valence-electron chi connectivity index (χ4n) is 2.36. The van der Waals surface area contributed by atoms with Crippen LogP contribution in [0, 0.1) is 11.8 Å². The Kier molecular flexibility index (Phi) is 3.99. The molecule has 0 aliphatic carbocycles. The van der Waals surface area contributed by atoms with Crippen molar-refractivity contribution in [1.29, 1.82) is 0 Å². The minimum absolute atomic E-state index is 0.0146. The highest BCUT2D eigenvalue weighted by molar-refractivity contribution is 7.10. The Bertz CT molecular complexity index is 866. The van der Waals surface area contributed by atoms with Gasteiger partial charge in [0, 0.05) is 25.0 Å². The summed E-state index contributed by atoms with van der Waals surface area (Å²) >= 11 is 1.60. The molecule has 3 rings (SSSR count). The molecular weight excluding hydrogens is 292 g/mol. The number of benzene rings is 1. The van der Waals surface area contributed by atoms with Crippen molar-refractivity contribution in [2.75, 3.05) is 13.6 Å². The van der Waals surface area contributed by atoms with Gasteiger partial charge in [-0.05, 0) is 23.6 Å². The number of carbonyl (C=O) groups excluding carboxylic acids is 1. The van der Waals surface area contributed by atoms with Gasteiger partial charge < -0.3 is 9.47 Å². The summed E-state index contributed by atoms with van der Waals surface area (Å²) in [4.78, 5) is 15.2. The molecule has 0 fully saturated rings. The Morgan fingerprint density at radius 1 is 1.27 bits per heavy atom. The van der Waals surface area contributed by atoms with E-state index in [2.05, 4.69) is 11.8 Å². The molecule has 0 atom stereocenters. The molecule has 0 spiro atoms. The first-order valence-electron chi connectivity index (χ1n) is 6.99. The zero-order valence-electron chi connectivity index (χ0n) is 12.5. The number of nitrogens with zero attached hydrogens (tertiary/aromatic N) is 2. The molecule has 110 valence electrons. The van der Waals surface area contributed by atoms with Crippen molar-refractivity contribution in [1.82, 2.24) is 9.47 Å². The molecule has 0 radical (unpaired) electrons. The maximum absolute atomic E-state index is 12.6. The van der Waals surface area contributed by atoms with E-state index in [4.69, 9.17) is 0 Å². The number of aromatic nitrogens is 1. The fraction of sp³-hybridized carbons (Fsp3) is 0.167. The highest BCUT2D eigenvalue weighted by atomic mass is 32.1. The summed E-state index contributed by atoms with van der Waals surface area (Å²) in [6.45, 7) is 0.415. The van der Waals surface area contributed by atoms with E-state index in [1.807, 2.05) is 59.5 Å². The van der Waals surface area contributed by atoms with Crippen molar-refractivity contribution in [3.63, 3.8) is 0 Å². The fourth-order valence-corrected chi connectivity index (χ4v) is 2.95. The van der Waals surface area contributed by atoms with Crippen LogP contribution in [0.3, 0.4) is 0 Å². The van der Waals surface area contributed by atoms with Crippen molar-refractivity contribution in [2.24, 2.45) is 7.05 Å². The topological polar surface area (TPSA) is 25.2 Å². The molecule has 0 N–H and O–H groups in total. The van der Waals surface area contributed by atoms with Crippen LogP contribution in [0.1, 0.15) is 15.4 Å². The van der Waals surface area contributed by atoms with Crippen molar-refractivity contribution in [3.05, 3.63) is 58.4 Å². The van der Waals surface area contributed by atoms with Crippen molar-refractivity contribution >= 4 is 28.1 Å². The summed E-state index contributed by atoms with van der Waals surface area (Å²) in [6.07, 6.45) is 0. The number of hydrogen-bond donors (Lipinski definition) is 0. The third-order valence-electron chi connectivity index (χ3n) is 3.57. The van der Waals surface area contributed by atoms with Gasteiger partial charge in [-0.1, -0.05) is 36.1 Å². The van der Waals surface area contributed by atoms with E-state index in [-0.39, 0.29) is 5.91 Å². The Labute approximate surface area is 133 Å². The molecule has 0 bridgehead atoms. The Balaban J connectivity index is 1.78. The van der Waals surface area contributed by atoms with Crippen molar-refractivity contribution in [3.8, 4) is 11.8 Å². The first-order chi connectivity index (χ1) is 10.7. The predicted octanol–water partition coefficient (Wildman–Crippen LogP) is 3.36. The molecule has 3 aromatic rings. The summed E-state index contributed by atoms with van der Waals surface area (Å²) in [6, 6.07) is 13.9. The molecular formula is C18H16N2OS. The number of para-hydroxylation sites is 1. The Morgan fingerprint density at radius 2 is 2.09 bits per heavy atom. The second-order valence-electron chi connectivity index (χ2n) is 5.09. The largest absolute Gasteiger partial charge is 0.340 e. The summed E-state index contributed by atoms with van der Waals surface area (Å²) in [5.74, 6) is 6.10. The van der Waals surface area contributed by atoms with E-state index >= 15 is 0 Å². The number of amides is 1. The van der Waals surface area contributed by atoms with Gasteiger partial charge in [0.05, 0.1) is 11.4 Å². The molecule has 1 amide bonds. The van der Waals surface area contributed by atoms with E-state index in [9.17, 15) is 4.79 Å². The average Bonchev–Trinajstić information content (AvgIpc) is 3.15. The average molecular weight is 308 g/mol. The van der Waals surface area contributed by atoms with Crippen LogP contribution in [-0.2, 0) is 7.05 Å². The van der Waals surface area contributed by atoms with Crippen LogP contribution in [0.15, 0.2) is 47.8 Å². The van der Waals surface area contributed by atoms with Crippen LogP contribution in [0.2, 0.25) is 0 Å². The molecule has 0 aliphatic heterocycles. The van der Waals surface area contributed by atoms with E-state index in [0.29, 0.717) is 12.2 Å². The predicted molar refractivity (Wildman–Crippen MR) is 91.1 cm³/mol. The van der Waals surface area contributed by atoms with Gasteiger partial charge in [-0.15, -0.1) is 11.3 Å². The number of hydrogen-bond acceptors (Lipinski definition) is 2. The van der Waals surface area contributed by atoms with Crippen molar-refractivity contribution in [2.45, 2.75) is 0 Å². The molecule has 4 heteroatoms. The molecule has 3 nitrogen and oxygen atoms in total. The molecule has 1 aromatic carbocycles. The van der Waals surface area contributed by atoms with Crippen LogP contribution in [-0.4, -0.2) is 29.0 Å². The molecule has 0 saturated carbocycles. The van der Waals surface area contributed by atoms with Gasteiger partial charge in [-0.25, -0.2) is 0 Å². The second-order valence-corrected chi connectivity index (χ2v) is 6.04. The van der Waals surface area contributed by atoms with Gasteiger partial charge in [0.25, 0.3) is 5.91 Å². The Morgan fingerprint density at radius 3 is 2.82 bits per heavy atom. The normalized spacial score (nSPS) is 10.3. The lowest BCUT2D eigenvalue weighted by Gasteiger charge is -2.14. The minimum atomic E-state index is -0.0146. The number of thiophene rings is 1. The number of rotatable bonds is 2. The minimum Gasteiger partial charge on any atom is -0.340 e. The molecule has 2 aromatic heterocycles. The summed E-state index contributed by atoms with van der Waals surface area (Å²) in [7, 11) is 3.70. The zero-order chi connectivity index (χ0) is 15.5. The molecule has 2 heterocycles. The standard InChI is InChI=1S/C18H16N2OS/c1-19(11-5-8-15-9-6-12-22-15)18(21)17-13-14-7-3-4-10-16(14)20(17)2/h3-4,6-7,9-10,12-13H,11H2,1-2H3. The molecule has 0 aliphatic rings. The Hall–Kier alpha value is -2.51. The molecule has 0 unspecified atom stereocenters. The maximum atomic E-state index is 12.6. The van der Waals surface area contributed by atoms with Crippen LogP contribution in [0.5, 0.6) is 0 Å². The first-order valence-corrected chi connectivity index (χ1v) is 7.87. The van der Waals surface area contributed by atoms with Gasteiger partial charge in [0.15, 0.2) is 0 Å². The van der Waals surface area contributed by atoms with Gasteiger partial charge >= 0.3 is 0 Å². The zero-order valence-corrected chi connectivity index (χ0v) is 13.4. The highest BCUT2D eigenvalue weighted by Gasteiger charge is 2.16. The van der Waals surface area contributed by atoms with E-state index in [1.165, 1.54) is 0 Å². The number of aryl methyl sites for hydroxylation is 1. The van der Waals surface area contributed by atoms with E-state index in [1.54, 1.807) is 23.3 Å². The summed E-state index contributed by atoms with van der Waals surface area (Å²) in [5.41, 5.74) is 1.74. The van der Waals surface area contributed by atoms with Gasteiger partial charge in [0.2, 0.25) is 0 Å². The van der Waals surface area contributed by atoms with Crippen LogP contribution < -0.4 is 0 Å². The van der Waals surface area contributed by atoms with E-state index in [0.717, 1.165) is 15.8 Å². The quantitative estimate of drug-likeness (QED) is 0.666. The lowest BCUT2D eigenvalue weighted by atomic mass is 10.2. The number of fused-ring (bicyclic) bond motifs is 1. The number of carbonyl (C=O) groups is 1. The second kappa shape index (κ2) is 6.08. The van der Waals surface area contributed by atoms with Crippen molar-refractivity contribution < 1.29 is 4.79 Å². The van der Waals surface area contributed by atoms with Crippen LogP contribution in [0.4, 0.5) is 0 Å².